The Bertz CT molecular complexity index is 792. The lowest BCUT2D eigenvalue weighted by Crippen LogP contribution is -3.16. The minimum absolute atomic E-state index is 0.0852. The molecule has 0 saturated carbocycles. The third-order valence-corrected chi connectivity index (χ3v) is 7.56. The van der Waals surface area contributed by atoms with Crippen LogP contribution in [0.4, 0.5) is 5.69 Å². The molecular formula is C20H31ClN3O3S+. The smallest absolute Gasteiger partial charge is 0.278 e. The van der Waals surface area contributed by atoms with E-state index in [2.05, 4.69) is 24.8 Å². The van der Waals surface area contributed by atoms with E-state index in [0.717, 1.165) is 36.9 Å². The molecule has 2 saturated heterocycles. The summed E-state index contributed by atoms with van der Waals surface area (Å²) >= 11 is 6.10. The van der Waals surface area contributed by atoms with E-state index in [9.17, 15) is 13.2 Å². The molecule has 6 nitrogen and oxygen atoms in total. The van der Waals surface area contributed by atoms with Crippen LogP contribution in [-0.4, -0.2) is 76.0 Å². The monoisotopic (exact) mass is 428 g/mol. The molecule has 0 radical (unpaired) electrons. The van der Waals surface area contributed by atoms with Crippen LogP contribution in [0, 0.1) is 5.92 Å². The quantitative estimate of drug-likeness (QED) is 0.725. The highest BCUT2D eigenvalue weighted by atomic mass is 35.5. The topological polar surface area (TPSA) is 62.1 Å². The van der Waals surface area contributed by atoms with E-state index in [1.165, 1.54) is 4.90 Å². The van der Waals surface area contributed by atoms with E-state index in [-0.39, 0.29) is 23.5 Å². The average molecular weight is 429 g/mol. The maximum absolute atomic E-state index is 13.0. The maximum Gasteiger partial charge on any atom is 0.278 e. The molecule has 3 rings (SSSR count). The molecule has 1 aromatic carbocycles. The molecule has 8 heteroatoms. The Morgan fingerprint density at radius 3 is 2.61 bits per heavy atom. The normalized spacial score (nSPS) is 22.6. The molecule has 0 unspecified atom stereocenters. The summed E-state index contributed by atoms with van der Waals surface area (Å²) in [6.07, 6.45) is 0.568. The number of hydrogen-bond acceptors (Lipinski definition) is 4. The Balaban J connectivity index is 1.57. The summed E-state index contributed by atoms with van der Waals surface area (Å²) in [6, 6.07) is 7.71. The van der Waals surface area contributed by atoms with Gasteiger partial charge in [-0.3, -0.25) is 4.79 Å². The van der Waals surface area contributed by atoms with Crippen LogP contribution < -0.4 is 9.80 Å². The van der Waals surface area contributed by atoms with Crippen molar-refractivity contribution in [3.63, 3.8) is 0 Å². The molecule has 28 heavy (non-hydrogen) atoms. The summed E-state index contributed by atoms with van der Waals surface area (Å²) in [6.45, 7) is 8.73. The molecule has 1 aromatic rings. The fraction of sp³-hybridized carbons (Fsp3) is 0.650. The van der Waals surface area contributed by atoms with Crippen molar-refractivity contribution in [1.82, 2.24) is 4.90 Å². The minimum atomic E-state index is -3.00. The van der Waals surface area contributed by atoms with Crippen LogP contribution in [0.5, 0.6) is 0 Å². The van der Waals surface area contributed by atoms with Gasteiger partial charge in [0.05, 0.1) is 37.7 Å². The van der Waals surface area contributed by atoms with Gasteiger partial charge in [0.25, 0.3) is 5.91 Å². The zero-order valence-electron chi connectivity index (χ0n) is 16.7. The Morgan fingerprint density at radius 1 is 1.32 bits per heavy atom. The molecule has 1 amide bonds. The number of amides is 1. The first kappa shape index (κ1) is 21.4. The summed E-state index contributed by atoms with van der Waals surface area (Å²) in [5.41, 5.74) is 1.12. The van der Waals surface area contributed by atoms with Crippen molar-refractivity contribution in [2.24, 2.45) is 5.92 Å². The highest BCUT2D eigenvalue weighted by molar-refractivity contribution is 7.91. The molecule has 2 heterocycles. The molecule has 1 N–H and O–H groups in total. The number of hydrogen-bond donors (Lipinski definition) is 1. The summed E-state index contributed by atoms with van der Waals surface area (Å²) in [5.74, 6) is 0.720. The standard InChI is InChI=1S/C20H30ClN3O3S/c1-16(2)13-24(19-6-11-28(26,27)15-19)20(25)14-22-7-9-23(10-8-22)18-5-3-4-17(21)12-18/h3-5,12,16,19H,6-11,13-15H2,1-2H3/p+1/t19-/m0/s1. The van der Waals surface area contributed by atoms with Crippen molar-refractivity contribution in [2.75, 3.05) is 55.7 Å². The zero-order valence-corrected chi connectivity index (χ0v) is 18.3. The second-order valence-electron chi connectivity index (χ2n) is 8.39. The van der Waals surface area contributed by atoms with Crippen LogP contribution in [-0.2, 0) is 14.6 Å². The number of rotatable bonds is 6. The highest BCUT2D eigenvalue weighted by Gasteiger charge is 2.36. The number of benzene rings is 1. The van der Waals surface area contributed by atoms with Gasteiger partial charge in [0, 0.05) is 23.3 Å². The van der Waals surface area contributed by atoms with E-state index >= 15 is 0 Å². The van der Waals surface area contributed by atoms with Gasteiger partial charge in [-0.25, -0.2) is 8.42 Å². The van der Waals surface area contributed by atoms with E-state index < -0.39 is 9.84 Å². The molecule has 2 aliphatic rings. The number of piperazine rings is 1. The Hall–Kier alpha value is -1.31. The number of nitrogens with one attached hydrogen (secondary N) is 1. The first-order valence-electron chi connectivity index (χ1n) is 10.1. The lowest BCUT2D eigenvalue weighted by Gasteiger charge is -2.35. The van der Waals surface area contributed by atoms with Gasteiger partial charge in [-0.1, -0.05) is 31.5 Å². The van der Waals surface area contributed by atoms with Crippen LogP contribution in [0.15, 0.2) is 24.3 Å². The third kappa shape index (κ3) is 5.61. The van der Waals surface area contributed by atoms with Crippen molar-refractivity contribution < 1.29 is 18.1 Å². The Kier molecular flexibility index (Phi) is 6.89. The Labute approximate surface area is 173 Å². The van der Waals surface area contributed by atoms with E-state index in [0.29, 0.717) is 25.4 Å². The van der Waals surface area contributed by atoms with Gasteiger partial charge in [0.15, 0.2) is 16.4 Å². The molecule has 156 valence electrons. The number of anilines is 1. The lowest BCUT2D eigenvalue weighted by atomic mass is 10.1. The van der Waals surface area contributed by atoms with Gasteiger partial charge in [0.2, 0.25) is 0 Å². The van der Waals surface area contributed by atoms with Crippen LogP contribution >= 0.6 is 11.6 Å². The zero-order chi connectivity index (χ0) is 20.3. The van der Waals surface area contributed by atoms with E-state index in [4.69, 9.17) is 11.6 Å². The largest absolute Gasteiger partial charge is 0.360 e. The van der Waals surface area contributed by atoms with Crippen molar-refractivity contribution >= 4 is 33.0 Å². The second-order valence-corrected chi connectivity index (χ2v) is 11.1. The van der Waals surface area contributed by atoms with Crippen LogP contribution in [0.25, 0.3) is 0 Å². The number of nitrogens with zero attached hydrogens (tertiary/aromatic N) is 2. The number of sulfone groups is 1. The third-order valence-electron chi connectivity index (χ3n) is 5.58. The molecule has 0 aliphatic carbocycles. The molecule has 2 fully saturated rings. The van der Waals surface area contributed by atoms with Gasteiger partial charge in [-0.15, -0.1) is 0 Å². The van der Waals surface area contributed by atoms with Gasteiger partial charge in [-0.05, 0) is 30.5 Å². The predicted molar refractivity (Wildman–Crippen MR) is 113 cm³/mol. The van der Waals surface area contributed by atoms with Crippen molar-refractivity contribution in [2.45, 2.75) is 26.3 Å². The van der Waals surface area contributed by atoms with Gasteiger partial charge >= 0.3 is 0 Å². The number of carbonyl (C=O) groups is 1. The first-order valence-corrected chi connectivity index (χ1v) is 12.3. The van der Waals surface area contributed by atoms with Crippen LogP contribution in [0.2, 0.25) is 5.02 Å². The van der Waals surface area contributed by atoms with E-state index in [1.807, 2.05) is 23.1 Å². The molecule has 2 aliphatic heterocycles. The average Bonchev–Trinajstić information content (AvgIpc) is 2.99. The number of carbonyl (C=O) groups excluding carboxylic acids is 1. The van der Waals surface area contributed by atoms with Gasteiger partial charge in [-0.2, -0.15) is 0 Å². The van der Waals surface area contributed by atoms with Gasteiger partial charge < -0.3 is 14.7 Å². The fourth-order valence-corrected chi connectivity index (χ4v) is 6.03. The summed E-state index contributed by atoms with van der Waals surface area (Å²) < 4.78 is 23.8. The second kappa shape index (κ2) is 9.01. The fourth-order valence-electron chi connectivity index (χ4n) is 4.12. The SMILES string of the molecule is CC(C)CN(C(=O)C[NH+]1CCN(c2cccc(Cl)c2)CC1)[C@H]1CCS(=O)(=O)C1. The predicted octanol–water partition coefficient (Wildman–Crippen LogP) is 0.717. The van der Waals surface area contributed by atoms with Crippen LogP contribution in [0.3, 0.4) is 0 Å². The van der Waals surface area contributed by atoms with Gasteiger partial charge in [0.1, 0.15) is 0 Å². The minimum Gasteiger partial charge on any atom is -0.360 e. The van der Waals surface area contributed by atoms with E-state index in [1.54, 1.807) is 0 Å². The van der Waals surface area contributed by atoms with Crippen molar-refractivity contribution in [1.29, 1.82) is 0 Å². The molecule has 1 atom stereocenters. The number of quaternary nitrogens is 1. The molecule has 0 aromatic heterocycles. The summed E-state index contributed by atoms with van der Waals surface area (Å²) in [7, 11) is -3.00. The summed E-state index contributed by atoms with van der Waals surface area (Å²) in [5, 5.41) is 0.735. The first-order chi connectivity index (χ1) is 13.2. The lowest BCUT2D eigenvalue weighted by molar-refractivity contribution is -0.892. The molecular weight excluding hydrogens is 398 g/mol. The molecule has 0 spiro atoms. The molecule has 0 bridgehead atoms. The highest BCUT2D eigenvalue weighted by Crippen LogP contribution is 2.20. The number of halogens is 1. The van der Waals surface area contributed by atoms with Crippen LogP contribution in [0.1, 0.15) is 20.3 Å². The Morgan fingerprint density at radius 2 is 2.04 bits per heavy atom. The summed E-state index contributed by atoms with van der Waals surface area (Å²) in [4.78, 5) is 18.4. The maximum atomic E-state index is 13.0. The van der Waals surface area contributed by atoms with Crippen molar-refractivity contribution in [3.05, 3.63) is 29.3 Å². The van der Waals surface area contributed by atoms with Crippen molar-refractivity contribution in [3.8, 4) is 0 Å².